The van der Waals surface area contributed by atoms with Crippen LogP contribution in [-0.4, -0.2) is 25.2 Å². The Bertz CT molecular complexity index is 725. The molecule has 2 aromatic carbocycles. The van der Waals surface area contributed by atoms with Crippen molar-refractivity contribution in [2.75, 3.05) is 13.2 Å². The number of ether oxygens (including phenoxy) is 2. The van der Waals surface area contributed by atoms with Crippen LogP contribution < -0.4 is 10.1 Å². The van der Waals surface area contributed by atoms with E-state index in [0.717, 1.165) is 11.1 Å². The molecule has 2 aromatic rings. The lowest BCUT2D eigenvalue weighted by molar-refractivity contribution is -0.116. The molecule has 5 nitrogen and oxygen atoms in total. The van der Waals surface area contributed by atoms with E-state index in [0.29, 0.717) is 5.75 Å². The fraction of sp³-hybridized carbons (Fsp3) is 0.158. The van der Waals surface area contributed by atoms with E-state index in [4.69, 9.17) is 9.47 Å². The molecule has 0 atom stereocenters. The largest absolute Gasteiger partial charge is 0.489 e. The number of hydrogen-bond acceptors (Lipinski definition) is 4. The molecule has 0 aliphatic rings. The van der Waals surface area contributed by atoms with Crippen molar-refractivity contribution in [3.05, 3.63) is 66.7 Å². The van der Waals surface area contributed by atoms with Crippen LogP contribution in [0.2, 0.25) is 0 Å². The zero-order valence-corrected chi connectivity index (χ0v) is 13.5. The number of rotatable bonds is 6. The lowest BCUT2D eigenvalue weighted by Gasteiger charge is -2.12. The van der Waals surface area contributed by atoms with Gasteiger partial charge in [-0.05, 0) is 18.6 Å². The first-order valence-electron chi connectivity index (χ1n) is 7.49. The Hall–Kier alpha value is -3.08. The summed E-state index contributed by atoms with van der Waals surface area (Å²) in [4.78, 5) is 22.7. The number of nitrogens with one attached hydrogen (secondary N) is 1. The Kier molecular flexibility index (Phi) is 6.14. The first kappa shape index (κ1) is 17.3. The number of alkyl carbamates (subject to hydrolysis) is 1. The molecule has 24 heavy (non-hydrogen) atoms. The second kappa shape index (κ2) is 8.53. The summed E-state index contributed by atoms with van der Waals surface area (Å²) in [5.41, 5.74) is 2.24. The fourth-order valence-corrected chi connectivity index (χ4v) is 1.97. The summed E-state index contributed by atoms with van der Waals surface area (Å²) in [5, 5.41) is 2.06. The van der Waals surface area contributed by atoms with E-state index in [-0.39, 0.29) is 18.8 Å². The lowest BCUT2D eigenvalue weighted by Crippen LogP contribution is -2.32. The Morgan fingerprint density at radius 2 is 1.67 bits per heavy atom. The van der Waals surface area contributed by atoms with Gasteiger partial charge in [0.2, 0.25) is 0 Å². The molecule has 2 rings (SSSR count). The van der Waals surface area contributed by atoms with Gasteiger partial charge >= 0.3 is 6.09 Å². The van der Waals surface area contributed by atoms with Gasteiger partial charge in [-0.15, -0.1) is 0 Å². The minimum atomic E-state index is -0.817. The maximum absolute atomic E-state index is 11.4. The Morgan fingerprint density at radius 1 is 1.00 bits per heavy atom. The van der Waals surface area contributed by atoms with Crippen molar-refractivity contribution in [3.8, 4) is 16.9 Å². The monoisotopic (exact) mass is 325 g/mol. The van der Waals surface area contributed by atoms with Crippen LogP contribution in [0.25, 0.3) is 11.1 Å². The summed E-state index contributed by atoms with van der Waals surface area (Å²) in [6.45, 7) is 5.15. The van der Waals surface area contributed by atoms with Crippen molar-refractivity contribution < 1.29 is 19.1 Å². The summed E-state index contributed by atoms with van der Waals surface area (Å²) in [5.74, 6) is 0.140. The molecule has 0 aliphatic carbocycles. The highest BCUT2D eigenvalue weighted by Crippen LogP contribution is 2.29. The number of para-hydroxylation sites is 1. The predicted octanol–water partition coefficient (Wildman–Crippen LogP) is 3.56. The first-order valence-corrected chi connectivity index (χ1v) is 7.49. The average Bonchev–Trinajstić information content (AvgIpc) is 2.59. The first-order chi connectivity index (χ1) is 11.6. The molecule has 124 valence electrons. The SMILES string of the molecule is C=C(C)C(=O)NC(=O)OCCOc1ccccc1-c1ccccc1. The number of amides is 2. The summed E-state index contributed by atoms with van der Waals surface area (Å²) < 4.78 is 10.6. The van der Waals surface area contributed by atoms with E-state index < -0.39 is 12.0 Å². The standard InChI is InChI=1S/C19H19NO4/c1-14(2)18(21)20-19(22)24-13-12-23-17-11-7-6-10-16(17)15-8-4-3-5-9-15/h3-11H,1,12-13H2,2H3,(H,20,21,22). The maximum Gasteiger partial charge on any atom is 0.414 e. The summed E-state index contributed by atoms with van der Waals surface area (Å²) in [7, 11) is 0. The number of carbonyl (C=O) groups is 2. The van der Waals surface area contributed by atoms with Crippen molar-refractivity contribution >= 4 is 12.0 Å². The van der Waals surface area contributed by atoms with E-state index >= 15 is 0 Å². The highest BCUT2D eigenvalue weighted by Gasteiger charge is 2.09. The third-order valence-corrected chi connectivity index (χ3v) is 3.15. The molecule has 1 N–H and O–H groups in total. The van der Waals surface area contributed by atoms with Crippen LogP contribution in [0.15, 0.2) is 66.7 Å². The summed E-state index contributed by atoms with van der Waals surface area (Å²) >= 11 is 0. The van der Waals surface area contributed by atoms with Gasteiger partial charge in [-0.2, -0.15) is 0 Å². The van der Waals surface area contributed by atoms with Gasteiger partial charge in [0.25, 0.3) is 5.91 Å². The fourth-order valence-electron chi connectivity index (χ4n) is 1.97. The van der Waals surface area contributed by atoms with Crippen molar-refractivity contribution in [1.29, 1.82) is 0 Å². The lowest BCUT2D eigenvalue weighted by atomic mass is 10.1. The van der Waals surface area contributed by atoms with Gasteiger partial charge in [0.15, 0.2) is 0 Å². The number of benzene rings is 2. The molecule has 0 saturated carbocycles. The van der Waals surface area contributed by atoms with Gasteiger partial charge < -0.3 is 9.47 Å². The van der Waals surface area contributed by atoms with Crippen LogP contribution in [-0.2, 0) is 9.53 Å². The Morgan fingerprint density at radius 3 is 2.38 bits per heavy atom. The van der Waals surface area contributed by atoms with Gasteiger partial charge in [-0.25, -0.2) is 4.79 Å². The minimum absolute atomic E-state index is 0.0262. The number of imide groups is 1. The van der Waals surface area contributed by atoms with Crippen LogP contribution in [0, 0.1) is 0 Å². The van der Waals surface area contributed by atoms with E-state index in [1.807, 2.05) is 54.6 Å². The van der Waals surface area contributed by atoms with Gasteiger partial charge in [0.05, 0.1) is 0 Å². The number of hydrogen-bond donors (Lipinski definition) is 1. The molecule has 0 heterocycles. The molecular formula is C19H19NO4. The average molecular weight is 325 g/mol. The van der Waals surface area contributed by atoms with Gasteiger partial charge in [-0.3, -0.25) is 10.1 Å². The predicted molar refractivity (Wildman–Crippen MR) is 91.7 cm³/mol. The van der Waals surface area contributed by atoms with Crippen LogP contribution >= 0.6 is 0 Å². The van der Waals surface area contributed by atoms with Crippen LogP contribution in [0.1, 0.15) is 6.92 Å². The van der Waals surface area contributed by atoms with Crippen LogP contribution in [0.3, 0.4) is 0 Å². The van der Waals surface area contributed by atoms with Crippen LogP contribution in [0.4, 0.5) is 4.79 Å². The zero-order valence-electron chi connectivity index (χ0n) is 13.5. The van der Waals surface area contributed by atoms with Crippen molar-refractivity contribution in [1.82, 2.24) is 5.32 Å². The molecular weight excluding hydrogens is 306 g/mol. The molecule has 0 spiro atoms. The second-order valence-electron chi connectivity index (χ2n) is 5.08. The highest BCUT2D eigenvalue weighted by atomic mass is 16.6. The van der Waals surface area contributed by atoms with E-state index in [1.165, 1.54) is 6.92 Å². The van der Waals surface area contributed by atoms with Crippen molar-refractivity contribution in [2.24, 2.45) is 0 Å². The normalized spacial score (nSPS) is 9.88. The smallest absolute Gasteiger partial charge is 0.414 e. The molecule has 0 radical (unpaired) electrons. The maximum atomic E-state index is 11.4. The zero-order chi connectivity index (χ0) is 17.4. The quantitative estimate of drug-likeness (QED) is 0.651. The van der Waals surface area contributed by atoms with E-state index in [1.54, 1.807) is 0 Å². The van der Waals surface area contributed by atoms with Crippen LogP contribution in [0.5, 0.6) is 5.75 Å². The molecule has 0 unspecified atom stereocenters. The topological polar surface area (TPSA) is 64.6 Å². The molecule has 0 aliphatic heterocycles. The molecule has 0 aromatic heterocycles. The highest BCUT2D eigenvalue weighted by molar-refractivity contribution is 6.01. The number of carbonyl (C=O) groups excluding carboxylic acids is 2. The molecule has 2 amide bonds. The summed E-state index contributed by atoms with van der Waals surface area (Å²) in [6.07, 6.45) is -0.817. The van der Waals surface area contributed by atoms with Crippen molar-refractivity contribution in [3.63, 3.8) is 0 Å². The molecule has 0 saturated heterocycles. The Balaban J connectivity index is 1.86. The molecule has 5 heteroatoms. The third kappa shape index (κ3) is 4.98. The second-order valence-corrected chi connectivity index (χ2v) is 5.08. The van der Waals surface area contributed by atoms with E-state index in [2.05, 4.69) is 11.9 Å². The van der Waals surface area contributed by atoms with E-state index in [9.17, 15) is 9.59 Å². The van der Waals surface area contributed by atoms with Gasteiger partial charge in [0.1, 0.15) is 19.0 Å². The minimum Gasteiger partial charge on any atom is -0.489 e. The molecule has 0 fully saturated rings. The van der Waals surface area contributed by atoms with Gasteiger partial charge in [-0.1, -0.05) is 55.1 Å². The summed E-state index contributed by atoms with van der Waals surface area (Å²) in [6, 6.07) is 17.5. The molecule has 0 bridgehead atoms. The Labute approximate surface area is 140 Å². The third-order valence-electron chi connectivity index (χ3n) is 3.15. The van der Waals surface area contributed by atoms with Gasteiger partial charge in [0, 0.05) is 11.1 Å². The van der Waals surface area contributed by atoms with Crippen molar-refractivity contribution in [2.45, 2.75) is 6.92 Å².